The van der Waals surface area contributed by atoms with E-state index >= 15 is 0 Å². The highest BCUT2D eigenvalue weighted by atomic mass is 16.5. The number of esters is 1. The quantitative estimate of drug-likeness (QED) is 0.375. The van der Waals surface area contributed by atoms with Gasteiger partial charge in [-0.1, -0.05) is 0 Å². The zero-order valence-electron chi connectivity index (χ0n) is 8.61. The third kappa shape index (κ3) is 2.38. The van der Waals surface area contributed by atoms with E-state index in [4.69, 9.17) is 4.74 Å². The fraction of sp³-hybridized carbons (Fsp3) is 0.500. The van der Waals surface area contributed by atoms with Crippen LogP contribution in [0.4, 0.5) is 0 Å². The van der Waals surface area contributed by atoms with Crippen LogP contribution >= 0.6 is 0 Å². The number of hydrogen-bond donors (Lipinski definition) is 0. The molecule has 0 atom stereocenters. The van der Waals surface area contributed by atoms with Crippen LogP contribution in [0, 0.1) is 13.8 Å². The summed E-state index contributed by atoms with van der Waals surface area (Å²) in [6.07, 6.45) is 0. The van der Waals surface area contributed by atoms with Gasteiger partial charge in [0.05, 0.1) is 11.4 Å². The van der Waals surface area contributed by atoms with Gasteiger partial charge in [-0.25, -0.2) is 0 Å². The molecule has 0 aliphatic heterocycles. The van der Waals surface area contributed by atoms with E-state index in [1.807, 2.05) is 13.8 Å². The molecule has 0 bridgehead atoms. The van der Waals surface area contributed by atoms with Gasteiger partial charge in [-0.2, -0.15) is 0 Å². The zero-order valence-corrected chi connectivity index (χ0v) is 8.61. The highest BCUT2D eigenvalue weighted by Crippen LogP contribution is 2.00. The van der Waals surface area contributed by atoms with Crippen molar-refractivity contribution in [2.45, 2.75) is 27.7 Å². The minimum Gasteiger partial charge on any atom is -0.410 e. The molecule has 6 nitrogen and oxygen atoms in total. The number of hydrogen-bond acceptors (Lipinski definition) is 5. The van der Waals surface area contributed by atoms with E-state index in [0.717, 1.165) is 11.4 Å². The van der Waals surface area contributed by atoms with Gasteiger partial charge in [0.1, 0.15) is 0 Å². The summed E-state index contributed by atoms with van der Waals surface area (Å²) in [6.45, 7) is 6.56. The van der Waals surface area contributed by atoms with Crippen LogP contribution in [0.2, 0.25) is 0 Å². The first-order valence-corrected chi connectivity index (χ1v) is 4.13. The molecule has 14 heavy (non-hydrogen) atoms. The van der Waals surface area contributed by atoms with Gasteiger partial charge in [-0.15, -0.1) is 15.0 Å². The molecule has 76 valence electrons. The van der Waals surface area contributed by atoms with E-state index in [9.17, 15) is 4.79 Å². The summed E-state index contributed by atoms with van der Waals surface area (Å²) in [7, 11) is 0. The molecule has 0 amide bonds. The molecule has 1 aromatic rings. The Balaban J connectivity index is 2.86. The summed E-state index contributed by atoms with van der Waals surface area (Å²) in [6, 6.07) is 0. The van der Waals surface area contributed by atoms with Gasteiger partial charge in [-0.05, 0) is 19.1 Å². The molecule has 0 aliphatic rings. The Morgan fingerprint density at radius 1 is 1.43 bits per heavy atom. The largest absolute Gasteiger partial charge is 0.410 e. The number of aromatic nitrogens is 3. The zero-order chi connectivity index (χ0) is 10.7. The van der Waals surface area contributed by atoms with Crippen LogP contribution < -0.4 is 0 Å². The molecule has 0 unspecified atom stereocenters. The third-order valence-corrected chi connectivity index (χ3v) is 1.63. The van der Waals surface area contributed by atoms with Crippen LogP contribution in [-0.4, -0.2) is 27.0 Å². The Morgan fingerprint density at radius 3 is 2.50 bits per heavy atom. The lowest BCUT2D eigenvalue weighted by molar-refractivity contribution is -0.133. The minimum absolute atomic E-state index is 0.241. The van der Waals surface area contributed by atoms with Crippen molar-refractivity contribution in [3.8, 4) is 0 Å². The molecule has 0 aromatic carbocycles. The predicted octanol–water partition coefficient (Wildman–Crippen LogP) is 0.640. The van der Waals surface area contributed by atoms with Gasteiger partial charge in [0, 0.05) is 13.8 Å². The Bertz CT molecular complexity index is 381. The standard InChI is InChI=1S/C8H12N4O2/c1-5-6(2)12(11-9-5)10-7(3)14-8(4)13/h1-4H3/b10-7+. The molecule has 1 rings (SSSR count). The maximum atomic E-state index is 10.6. The van der Waals surface area contributed by atoms with Crippen LogP contribution in [0.25, 0.3) is 0 Å². The van der Waals surface area contributed by atoms with Crippen LogP contribution in [0.3, 0.4) is 0 Å². The van der Waals surface area contributed by atoms with Crippen LogP contribution in [-0.2, 0) is 9.53 Å². The fourth-order valence-corrected chi connectivity index (χ4v) is 0.850. The monoisotopic (exact) mass is 196 g/mol. The summed E-state index contributed by atoms with van der Waals surface area (Å²) < 4.78 is 4.74. The molecule has 0 saturated carbocycles. The maximum Gasteiger partial charge on any atom is 0.309 e. The third-order valence-electron chi connectivity index (χ3n) is 1.63. The Labute approximate surface area is 81.6 Å². The highest BCUT2D eigenvalue weighted by molar-refractivity contribution is 5.85. The van der Waals surface area contributed by atoms with Crippen LogP contribution in [0.1, 0.15) is 25.2 Å². The summed E-state index contributed by atoms with van der Waals surface area (Å²) in [5.74, 6) is -0.161. The van der Waals surface area contributed by atoms with E-state index in [1.165, 1.54) is 11.7 Å². The smallest absolute Gasteiger partial charge is 0.309 e. The number of carbonyl (C=O) groups excluding carboxylic acids is 1. The van der Waals surface area contributed by atoms with Crippen molar-refractivity contribution in [2.24, 2.45) is 5.10 Å². The molecule has 1 heterocycles. The first-order valence-electron chi connectivity index (χ1n) is 4.13. The Morgan fingerprint density at radius 2 is 2.07 bits per heavy atom. The maximum absolute atomic E-state index is 10.6. The molecule has 0 aliphatic carbocycles. The van der Waals surface area contributed by atoms with E-state index in [-0.39, 0.29) is 5.90 Å². The summed E-state index contributed by atoms with van der Waals surface area (Å²) in [5, 5.41) is 11.5. The molecule has 0 saturated heterocycles. The Hall–Kier alpha value is -1.72. The molecule has 1 aromatic heterocycles. The van der Waals surface area contributed by atoms with Crippen LogP contribution in [0.15, 0.2) is 5.10 Å². The topological polar surface area (TPSA) is 69.4 Å². The van der Waals surface area contributed by atoms with E-state index < -0.39 is 5.97 Å². The van der Waals surface area contributed by atoms with Crippen LogP contribution in [0.5, 0.6) is 0 Å². The van der Waals surface area contributed by atoms with Crippen molar-refractivity contribution in [1.82, 2.24) is 15.1 Å². The minimum atomic E-state index is -0.402. The molecule has 0 spiro atoms. The van der Waals surface area contributed by atoms with E-state index in [2.05, 4.69) is 15.4 Å². The molecule has 0 N–H and O–H groups in total. The van der Waals surface area contributed by atoms with E-state index in [0.29, 0.717) is 0 Å². The van der Waals surface area contributed by atoms with Crippen molar-refractivity contribution in [2.75, 3.05) is 0 Å². The molecule has 0 fully saturated rings. The second-order valence-electron chi connectivity index (χ2n) is 2.86. The van der Waals surface area contributed by atoms with Gasteiger partial charge < -0.3 is 4.74 Å². The molecular weight excluding hydrogens is 184 g/mol. The van der Waals surface area contributed by atoms with Gasteiger partial charge in [-0.3, -0.25) is 4.79 Å². The van der Waals surface area contributed by atoms with E-state index in [1.54, 1.807) is 6.92 Å². The SMILES string of the molecule is CC(=O)O/C(C)=N/n1nnc(C)c1C. The second kappa shape index (κ2) is 3.99. The number of aryl methyl sites for hydroxylation is 1. The van der Waals surface area contributed by atoms with Crippen molar-refractivity contribution in [3.05, 3.63) is 11.4 Å². The van der Waals surface area contributed by atoms with Gasteiger partial charge in [0.15, 0.2) is 0 Å². The average molecular weight is 196 g/mol. The van der Waals surface area contributed by atoms with Gasteiger partial charge in [0.2, 0.25) is 5.90 Å². The summed E-state index contributed by atoms with van der Waals surface area (Å²) >= 11 is 0. The van der Waals surface area contributed by atoms with Crippen molar-refractivity contribution in [3.63, 3.8) is 0 Å². The van der Waals surface area contributed by atoms with Crippen molar-refractivity contribution < 1.29 is 9.53 Å². The fourth-order valence-electron chi connectivity index (χ4n) is 0.850. The molecular formula is C8H12N4O2. The van der Waals surface area contributed by atoms with Gasteiger partial charge in [0.25, 0.3) is 0 Å². The molecule has 6 heteroatoms. The Kier molecular flexibility index (Phi) is 2.95. The van der Waals surface area contributed by atoms with Gasteiger partial charge >= 0.3 is 5.97 Å². The average Bonchev–Trinajstić information content (AvgIpc) is 2.34. The molecule has 0 radical (unpaired) electrons. The first kappa shape index (κ1) is 10.4. The number of rotatable bonds is 1. The van der Waals surface area contributed by atoms with Crippen molar-refractivity contribution in [1.29, 1.82) is 0 Å². The summed E-state index contributed by atoms with van der Waals surface area (Å²) in [4.78, 5) is 11.9. The van der Waals surface area contributed by atoms with Crippen molar-refractivity contribution >= 4 is 11.9 Å². The summed E-state index contributed by atoms with van der Waals surface area (Å²) in [5.41, 5.74) is 1.61. The predicted molar refractivity (Wildman–Crippen MR) is 49.8 cm³/mol. The number of carbonyl (C=O) groups is 1. The number of nitrogens with zero attached hydrogens (tertiary/aromatic N) is 4. The number of ether oxygens (including phenoxy) is 1. The lowest BCUT2D eigenvalue weighted by Crippen LogP contribution is -2.08. The highest BCUT2D eigenvalue weighted by Gasteiger charge is 2.04. The first-order chi connectivity index (χ1) is 6.50. The second-order valence-corrected chi connectivity index (χ2v) is 2.86. The lowest BCUT2D eigenvalue weighted by atomic mass is 10.4. The normalized spacial score (nSPS) is 11.6. The lowest BCUT2D eigenvalue weighted by Gasteiger charge is -1.99.